The number of piperidine rings is 1. The van der Waals surface area contributed by atoms with Crippen molar-refractivity contribution in [1.82, 2.24) is 25.4 Å². The van der Waals surface area contributed by atoms with Crippen LogP contribution in [0, 0.1) is 17.7 Å². The van der Waals surface area contributed by atoms with Gasteiger partial charge in [0.25, 0.3) is 5.91 Å². The Morgan fingerprint density at radius 2 is 1.80 bits per heavy atom. The minimum Gasteiger partial charge on any atom is -0.481 e. The molecule has 12 nitrogen and oxygen atoms in total. The van der Waals surface area contributed by atoms with Gasteiger partial charge in [0.05, 0.1) is 12.0 Å². The van der Waals surface area contributed by atoms with Gasteiger partial charge in [0, 0.05) is 42.4 Å². The summed E-state index contributed by atoms with van der Waals surface area (Å²) in [5.74, 6) is -3.94. The zero-order valence-corrected chi connectivity index (χ0v) is 34.3. The lowest BCUT2D eigenvalue weighted by atomic mass is 9.95. The summed E-state index contributed by atoms with van der Waals surface area (Å²) in [7, 11) is 1.94. The first-order valence-electron chi connectivity index (χ1n) is 19.4. The Bertz CT molecular complexity index is 1730. The van der Waals surface area contributed by atoms with Crippen molar-refractivity contribution in [3.63, 3.8) is 0 Å². The number of benzene rings is 1. The van der Waals surface area contributed by atoms with Gasteiger partial charge < -0.3 is 25.4 Å². The molecule has 1 saturated carbocycles. The van der Waals surface area contributed by atoms with E-state index in [4.69, 9.17) is 4.74 Å². The average Bonchev–Trinajstić information content (AvgIpc) is 3.58. The molecule has 2 fully saturated rings. The van der Waals surface area contributed by atoms with Crippen molar-refractivity contribution < 1.29 is 38.2 Å². The molecule has 14 heteroatoms. The predicted molar refractivity (Wildman–Crippen MR) is 209 cm³/mol. The molecule has 0 spiro atoms. The van der Waals surface area contributed by atoms with Gasteiger partial charge in [-0.05, 0) is 83.2 Å². The maximum absolute atomic E-state index is 14.6. The number of nitrogens with zero attached hydrogens (tertiary/aromatic N) is 3. The van der Waals surface area contributed by atoms with Crippen molar-refractivity contribution in [3.05, 3.63) is 63.0 Å². The first-order chi connectivity index (χ1) is 26.0. The quantitative estimate of drug-likeness (QED) is 0.142. The van der Waals surface area contributed by atoms with Gasteiger partial charge in [-0.2, -0.15) is 0 Å². The first kappa shape index (κ1) is 43.6. The number of carbonyl (C=O) groups excluding carboxylic acids is 4. The van der Waals surface area contributed by atoms with Gasteiger partial charge in [-0.1, -0.05) is 58.2 Å². The molecule has 1 aliphatic heterocycles. The number of aliphatic carboxylic acids is 1. The van der Waals surface area contributed by atoms with E-state index in [2.05, 4.69) is 15.6 Å². The minimum atomic E-state index is -0.987. The lowest BCUT2D eigenvalue weighted by molar-refractivity contribution is -0.147. The highest BCUT2D eigenvalue weighted by Gasteiger charge is 2.57. The van der Waals surface area contributed by atoms with E-state index in [1.54, 1.807) is 29.3 Å². The number of carboxylic acids is 1. The summed E-state index contributed by atoms with van der Waals surface area (Å²) in [6, 6.07) is 4.90. The number of aromatic nitrogens is 1. The molecule has 1 saturated heterocycles. The molecule has 4 unspecified atom stereocenters. The molecular weight excluding hydrogens is 726 g/mol. The largest absolute Gasteiger partial charge is 0.481 e. The SMILES string of the molecule is CCCN(C(=O)[C@@H](NC(=O)C1CCCCN1C)C(C)CC)C(C[C@@H](OC(C)=O)c1nc(C(=O)NC2(C[C@H](C)C(=O)O)CC2c2ccc(F)cc2)cs1)=C(C)C. The molecular formula is C41H58FN5O7S. The predicted octanol–water partition coefficient (Wildman–Crippen LogP) is 6.59. The molecule has 2 heterocycles. The van der Waals surface area contributed by atoms with E-state index in [9.17, 15) is 33.5 Å². The van der Waals surface area contributed by atoms with E-state index in [1.807, 2.05) is 46.6 Å². The molecule has 3 N–H and O–H groups in total. The van der Waals surface area contributed by atoms with E-state index in [0.717, 1.165) is 48.3 Å². The molecule has 2 aromatic rings. The van der Waals surface area contributed by atoms with Crippen LogP contribution in [-0.2, 0) is 23.9 Å². The van der Waals surface area contributed by atoms with Crippen LogP contribution in [0.3, 0.4) is 0 Å². The van der Waals surface area contributed by atoms with Gasteiger partial charge in [-0.25, -0.2) is 9.37 Å². The topological polar surface area (TPSA) is 158 Å². The molecule has 1 aromatic heterocycles. The van der Waals surface area contributed by atoms with Crippen LogP contribution in [-0.4, -0.2) is 87.3 Å². The average molecular weight is 784 g/mol. The highest BCUT2D eigenvalue weighted by atomic mass is 32.1. The second-order valence-corrected chi connectivity index (χ2v) is 16.4. The third-order valence-corrected chi connectivity index (χ3v) is 11.9. The fourth-order valence-corrected chi connectivity index (χ4v) is 8.39. The molecule has 3 amide bonds. The summed E-state index contributed by atoms with van der Waals surface area (Å²) in [6.45, 7) is 13.8. The lowest BCUT2D eigenvalue weighted by Crippen LogP contribution is -2.56. The number of likely N-dealkylation sites (N-methyl/N-ethyl adjacent to an activating group) is 1. The number of carboxylic acid groups (broad SMARTS) is 1. The van der Waals surface area contributed by atoms with Crippen molar-refractivity contribution >= 4 is 41.0 Å². The van der Waals surface area contributed by atoms with Crippen LogP contribution < -0.4 is 10.6 Å². The van der Waals surface area contributed by atoms with Crippen molar-refractivity contribution in [2.24, 2.45) is 11.8 Å². The van der Waals surface area contributed by atoms with Gasteiger partial charge in [0.15, 0.2) is 6.10 Å². The second kappa shape index (κ2) is 19.1. The number of rotatable bonds is 18. The number of likely N-dealkylation sites (tertiary alicyclic amines) is 1. The number of ether oxygens (including phenoxy) is 1. The zero-order valence-electron chi connectivity index (χ0n) is 33.4. The Morgan fingerprint density at radius 1 is 1.11 bits per heavy atom. The fourth-order valence-electron chi connectivity index (χ4n) is 7.56. The number of carbonyl (C=O) groups is 5. The van der Waals surface area contributed by atoms with Crippen molar-refractivity contribution in [1.29, 1.82) is 0 Å². The normalized spacial score (nSPS) is 21.7. The van der Waals surface area contributed by atoms with Crippen molar-refractivity contribution in [2.75, 3.05) is 20.1 Å². The molecule has 0 radical (unpaired) electrons. The van der Waals surface area contributed by atoms with Crippen LogP contribution in [0.25, 0.3) is 0 Å². The molecule has 4 rings (SSSR count). The summed E-state index contributed by atoms with van der Waals surface area (Å²) in [5, 5.41) is 17.8. The summed E-state index contributed by atoms with van der Waals surface area (Å²) in [4.78, 5) is 74.6. The van der Waals surface area contributed by atoms with E-state index in [1.165, 1.54) is 19.1 Å². The monoisotopic (exact) mass is 783 g/mol. The van der Waals surface area contributed by atoms with Gasteiger partial charge in [0.1, 0.15) is 22.6 Å². The number of allylic oxidation sites excluding steroid dienone is 1. The Balaban J connectivity index is 1.59. The number of esters is 1. The second-order valence-electron chi connectivity index (χ2n) is 15.5. The Kier molecular flexibility index (Phi) is 15.1. The van der Waals surface area contributed by atoms with E-state index < -0.39 is 47.3 Å². The standard InChI is InChI=1S/C41H58FN5O7S/c1-9-18-47(39(51)35(25(5)10-2)44-37(50)32-13-11-12-19-46(32)8)33(24(3)4)20-34(54-27(7)48)38-43-31(23-55-38)36(49)45-41(21-26(6)40(52)53)22-30(41)28-14-16-29(42)17-15-28/h14-17,23,25-26,30,32,34-35H,9-13,18-22H2,1-8H3,(H,44,50)(H,45,49)(H,52,53)/t25?,26-,30?,32?,34+,35-,41?/m0/s1. The Labute approximate surface area is 328 Å². The number of thiazole rings is 1. The van der Waals surface area contributed by atoms with Gasteiger partial charge >= 0.3 is 11.9 Å². The zero-order chi connectivity index (χ0) is 40.6. The Hall–Kier alpha value is -4.17. The fraction of sp³-hybridized carbons (Fsp3) is 0.610. The van der Waals surface area contributed by atoms with Crippen LogP contribution in [0.4, 0.5) is 4.39 Å². The highest BCUT2D eigenvalue weighted by molar-refractivity contribution is 7.09. The number of nitrogens with one attached hydrogen (secondary N) is 2. The number of hydrogen-bond acceptors (Lipinski definition) is 9. The number of hydrogen-bond donors (Lipinski definition) is 3. The smallest absolute Gasteiger partial charge is 0.306 e. The van der Waals surface area contributed by atoms with Crippen LogP contribution >= 0.6 is 11.3 Å². The van der Waals surface area contributed by atoms with Gasteiger partial charge in [0.2, 0.25) is 11.8 Å². The van der Waals surface area contributed by atoms with E-state index in [0.29, 0.717) is 36.5 Å². The number of halogens is 1. The maximum Gasteiger partial charge on any atom is 0.306 e. The molecule has 1 aromatic carbocycles. The van der Waals surface area contributed by atoms with Crippen molar-refractivity contribution in [3.8, 4) is 0 Å². The van der Waals surface area contributed by atoms with E-state index in [-0.39, 0.29) is 48.2 Å². The van der Waals surface area contributed by atoms with Gasteiger partial charge in [-0.3, -0.25) is 28.9 Å². The maximum atomic E-state index is 14.6. The lowest BCUT2D eigenvalue weighted by Gasteiger charge is -2.36. The van der Waals surface area contributed by atoms with Crippen molar-refractivity contribution in [2.45, 2.75) is 129 Å². The molecule has 1 aliphatic carbocycles. The highest BCUT2D eigenvalue weighted by Crippen LogP contribution is 2.55. The molecule has 0 bridgehead atoms. The summed E-state index contributed by atoms with van der Waals surface area (Å²) in [6.07, 6.45) is 3.84. The Morgan fingerprint density at radius 3 is 2.38 bits per heavy atom. The van der Waals surface area contributed by atoms with E-state index >= 15 is 0 Å². The third-order valence-electron chi connectivity index (χ3n) is 11.0. The summed E-state index contributed by atoms with van der Waals surface area (Å²) >= 11 is 1.15. The minimum absolute atomic E-state index is 0.0803. The molecule has 55 heavy (non-hydrogen) atoms. The number of amides is 3. The van der Waals surface area contributed by atoms with Crippen LogP contribution in [0.5, 0.6) is 0 Å². The third kappa shape index (κ3) is 11.0. The summed E-state index contributed by atoms with van der Waals surface area (Å²) < 4.78 is 19.5. The molecule has 2 aliphatic rings. The van der Waals surface area contributed by atoms with Crippen LogP contribution in [0.15, 0.2) is 40.9 Å². The van der Waals surface area contributed by atoms with Crippen LogP contribution in [0.2, 0.25) is 0 Å². The van der Waals surface area contributed by atoms with Gasteiger partial charge in [-0.15, -0.1) is 11.3 Å². The molecule has 7 atom stereocenters. The first-order valence-corrected chi connectivity index (χ1v) is 20.3. The molecule has 302 valence electrons. The summed E-state index contributed by atoms with van der Waals surface area (Å²) in [5.41, 5.74) is 1.47. The van der Waals surface area contributed by atoms with Crippen LogP contribution in [0.1, 0.15) is 133 Å².